The van der Waals surface area contributed by atoms with Gasteiger partial charge in [-0.25, -0.2) is 0 Å². The summed E-state index contributed by atoms with van der Waals surface area (Å²) < 4.78 is 11.8. The summed E-state index contributed by atoms with van der Waals surface area (Å²) >= 11 is 0. The monoisotopic (exact) mass is 384 g/mol. The summed E-state index contributed by atoms with van der Waals surface area (Å²) in [7, 11) is -2.46. The summed E-state index contributed by atoms with van der Waals surface area (Å²) in [6.07, 6.45) is 2.10. The molecule has 2 aromatic rings. The molecule has 0 atom stereocenters. The van der Waals surface area contributed by atoms with E-state index >= 15 is 0 Å². The fourth-order valence-corrected chi connectivity index (χ4v) is 8.20. The molecule has 0 amide bonds. The molecule has 0 radical (unpaired) electrons. The van der Waals surface area contributed by atoms with Crippen LogP contribution in [0.4, 0.5) is 0 Å². The molecular formula is C23H32O3Si. The molecule has 0 fully saturated rings. The first-order valence-corrected chi connectivity index (χ1v) is 11.7. The second-order valence-corrected chi connectivity index (χ2v) is 12.1. The van der Waals surface area contributed by atoms with E-state index in [1.165, 1.54) is 10.4 Å². The number of ether oxygens (including phenoxy) is 1. The normalized spacial score (nSPS) is 12.0. The minimum Gasteiger partial charge on any atom is -0.466 e. The van der Waals surface area contributed by atoms with E-state index in [2.05, 4.69) is 81.4 Å². The van der Waals surface area contributed by atoms with Crippen LogP contribution in [-0.4, -0.2) is 27.5 Å². The number of carbonyl (C=O) groups excluding carboxylic acids is 1. The Morgan fingerprint density at radius 3 is 1.85 bits per heavy atom. The molecule has 2 rings (SSSR count). The van der Waals surface area contributed by atoms with Crippen molar-refractivity contribution in [3.63, 3.8) is 0 Å². The third kappa shape index (κ3) is 5.30. The molecule has 2 aromatic carbocycles. The first-order chi connectivity index (χ1) is 12.9. The van der Waals surface area contributed by atoms with E-state index in [9.17, 15) is 4.79 Å². The Kier molecular flexibility index (Phi) is 7.81. The molecule has 0 heterocycles. The topological polar surface area (TPSA) is 35.5 Å². The van der Waals surface area contributed by atoms with Gasteiger partial charge in [0.05, 0.1) is 6.61 Å². The molecule has 4 heteroatoms. The predicted molar refractivity (Wildman–Crippen MR) is 114 cm³/mol. The van der Waals surface area contributed by atoms with E-state index in [1.54, 1.807) is 0 Å². The number of hydrogen-bond acceptors (Lipinski definition) is 3. The fraction of sp³-hybridized carbons (Fsp3) is 0.435. The molecule has 0 aromatic heterocycles. The Morgan fingerprint density at radius 2 is 1.41 bits per heavy atom. The van der Waals surface area contributed by atoms with E-state index in [4.69, 9.17) is 9.16 Å². The summed E-state index contributed by atoms with van der Waals surface area (Å²) in [5.41, 5.74) is 0. The highest BCUT2D eigenvalue weighted by molar-refractivity contribution is 6.99. The van der Waals surface area contributed by atoms with Crippen molar-refractivity contribution < 1.29 is 14.0 Å². The van der Waals surface area contributed by atoms with Crippen LogP contribution >= 0.6 is 0 Å². The zero-order valence-corrected chi connectivity index (χ0v) is 18.0. The lowest BCUT2D eigenvalue weighted by Gasteiger charge is -2.43. The second kappa shape index (κ2) is 9.86. The number of benzene rings is 2. The Labute approximate surface area is 164 Å². The molecule has 27 heavy (non-hydrogen) atoms. The van der Waals surface area contributed by atoms with Crippen molar-refractivity contribution >= 4 is 24.7 Å². The smallest absolute Gasteiger partial charge is 0.305 e. The standard InChI is InChI=1S/C23H32O3Si/c1-5-25-22(24)18-12-13-19-26-27(23(2,3)4,20-14-8-6-9-15-20)21-16-10-7-11-17-21/h6-11,14-17H,5,12-13,18-19H2,1-4H3. The summed E-state index contributed by atoms with van der Waals surface area (Å²) in [6.45, 7) is 9.75. The van der Waals surface area contributed by atoms with Crippen molar-refractivity contribution in [1.82, 2.24) is 0 Å². The van der Waals surface area contributed by atoms with Crippen molar-refractivity contribution in [3.05, 3.63) is 60.7 Å². The summed E-state index contributed by atoms with van der Waals surface area (Å²) in [6, 6.07) is 21.3. The first kappa shape index (κ1) is 21.4. The zero-order chi connectivity index (χ0) is 19.8. The van der Waals surface area contributed by atoms with Gasteiger partial charge in [0, 0.05) is 13.0 Å². The molecule has 0 saturated carbocycles. The largest absolute Gasteiger partial charge is 0.466 e. The number of esters is 1. The average Bonchev–Trinajstić information content (AvgIpc) is 2.65. The van der Waals surface area contributed by atoms with Crippen LogP contribution in [0.15, 0.2) is 60.7 Å². The number of hydrogen-bond donors (Lipinski definition) is 0. The van der Waals surface area contributed by atoms with Crippen LogP contribution in [0.1, 0.15) is 47.0 Å². The molecule has 146 valence electrons. The van der Waals surface area contributed by atoms with Gasteiger partial charge >= 0.3 is 5.97 Å². The maximum atomic E-state index is 11.6. The van der Waals surface area contributed by atoms with Gasteiger partial charge in [0.25, 0.3) is 8.32 Å². The molecular weight excluding hydrogens is 352 g/mol. The summed E-state index contributed by atoms with van der Waals surface area (Å²) in [4.78, 5) is 11.6. The number of unbranched alkanes of at least 4 members (excludes halogenated alkanes) is 1. The van der Waals surface area contributed by atoms with Crippen LogP contribution in [-0.2, 0) is 14.0 Å². The van der Waals surface area contributed by atoms with Gasteiger partial charge in [-0.15, -0.1) is 0 Å². The Balaban J connectivity index is 2.24. The lowest BCUT2D eigenvalue weighted by atomic mass is 10.2. The molecule has 0 unspecified atom stereocenters. The van der Waals surface area contributed by atoms with E-state index in [-0.39, 0.29) is 11.0 Å². The van der Waals surface area contributed by atoms with Crippen LogP contribution < -0.4 is 10.4 Å². The number of carbonyl (C=O) groups is 1. The van der Waals surface area contributed by atoms with Crippen molar-refractivity contribution in [1.29, 1.82) is 0 Å². The minimum atomic E-state index is -2.46. The van der Waals surface area contributed by atoms with Crippen molar-refractivity contribution in [2.45, 2.75) is 52.0 Å². The molecule has 0 bridgehead atoms. The Hall–Kier alpha value is -1.91. The molecule has 0 N–H and O–H groups in total. The molecule has 3 nitrogen and oxygen atoms in total. The molecule has 0 aliphatic rings. The van der Waals surface area contributed by atoms with Crippen molar-refractivity contribution in [2.75, 3.05) is 13.2 Å². The molecule has 0 saturated heterocycles. The Bertz CT molecular complexity index is 653. The lowest BCUT2D eigenvalue weighted by molar-refractivity contribution is -0.143. The van der Waals surface area contributed by atoms with Gasteiger partial charge in [-0.1, -0.05) is 81.4 Å². The lowest BCUT2D eigenvalue weighted by Crippen LogP contribution is -2.66. The van der Waals surface area contributed by atoms with E-state index in [1.807, 2.05) is 6.92 Å². The minimum absolute atomic E-state index is 0.0170. The zero-order valence-electron chi connectivity index (χ0n) is 17.0. The van der Waals surface area contributed by atoms with Gasteiger partial charge in [0.15, 0.2) is 0 Å². The van der Waals surface area contributed by atoms with Gasteiger partial charge in [-0.05, 0) is 35.2 Å². The van der Waals surface area contributed by atoms with Crippen LogP contribution in [0.2, 0.25) is 5.04 Å². The van der Waals surface area contributed by atoms with Crippen LogP contribution in [0, 0.1) is 0 Å². The van der Waals surface area contributed by atoms with E-state index in [0.717, 1.165) is 12.8 Å². The summed E-state index contributed by atoms with van der Waals surface area (Å²) in [5, 5.41) is 2.56. The highest BCUT2D eigenvalue weighted by Crippen LogP contribution is 2.36. The van der Waals surface area contributed by atoms with E-state index in [0.29, 0.717) is 19.6 Å². The van der Waals surface area contributed by atoms with Crippen LogP contribution in [0.5, 0.6) is 0 Å². The maximum Gasteiger partial charge on any atom is 0.305 e. The SMILES string of the molecule is CCOC(=O)CCCCO[Si](c1ccccc1)(c1ccccc1)C(C)(C)C. The van der Waals surface area contributed by atoms with Crippen LogP contribution in [0.3, 0.4) is 0 Å². The number of rotatable bonds is 9. The molecule has 0 aliphatic carbocycles. The quantitative estimate of drug-likeness (QED) is 0.367. The third-order valence-corrected chi connectivity index (χ3v) is 9.86. The van der Waals surface area contributed by atoms with Crippen molar-refractivity contribution in [2.24, 2.45) is 0 Å². The van der Waals surface area contributed by atoms with Gasteiger partial charge in [0.1, 0.15) is 0 Å². The Morgan fingerprint density at radius 1 is 0.889 bits per heavy atom. The molecule has 0 spiro atoms. The third-order valence-electron chi connectivity index (χ3n) is 4.82. The predicted octanol–water partition coefficient (Wildman–Crippen LogP) is 4.30. The summed E-state index contributed by atoms with van der Waals surface area (Å²) in [5.74, 6) is -0.122. The van der Waals surface area contributed by atoms with Crippen LogP contribution in [0.25, 0.3) is 0 Å². The first-order valence-electron chi connectivity index (χ1n) is 9.82. The molecule has 0 aliphatic heterocycles. The second-order valence-electron chi connectivity index (χ2n) is 7.77. The van der Waals surface area contributed by atoms with E-state index < -0.39 is 8.32 Å². The highest BCUT2D eigenvalue weighted by Gasteiger charge is 2.49. The van der Waals surface area contributed by atoms with Crippen molar-refractivity contribution in [3.8, 4) is 0 Å². The van der Waals surface area contributed by atoms with Gasteiger partial charge in [-0.2, -0.15) is 0 Å². The average molecular weight is 385 g/mol. The van der Waals surface area contributed by atoms with Gasteiger partial charge in [-0.3, -0.25) is 4.79 Å². The van der Waals surface area contributed by atoms with Gasteiger partial charge < -0.3 is 9.16 Å². The van der Waals surface area contributed by atoms with Gasteiger partial charge in [0.2, 0.25) is 0 Å². The fourth-order valence-electron chi connectivity index (χ4n) is 3.59. The maximum absolute atomic E-state index is 11.6. The highest BCUT2D eigenvalue weighted by atomic mass is 28.4.